The molecule has 1 aliphatic carbocycles. The summed E-state index contributed by atoms with van der Waals surface area (Å²) >= 11 is 0. The highest BCUT2D eigenvalue weighted by Gasteiger charge is 2.45. The van der Waals surface area contributed by atoms with Gasteiger partial charge < -0.3 is 14.8 Å². The number of ether oxygens (including phenoxy) is 2. The van der Waals surface area contributed by atoms with Crippen molar-refractivity contribution >= 4 is 5.91 Å². The maximum absolute atomic E-state index is 14.1. The fourth-order valence-electron chi connectivity index (χ4n) is 3.05. The Kier molecular flexibility index (Phi) is 5.95. The van der Waals surface area contributed by atoms with Crippen molar-refractivity contribution in [2.75, 3.05) is 13.7 Å². The number of rotatable bonds is 7. The average Bonchev–Trinajstić information content (AvgIpc) is 3.47. The van der Waals surface area contributed by atoms with Gasteiger partial charge in [0.05, 0.1) is 25.0 Å². The smallest absolute Gasteiger partial charge is 0.422 e. The summed E-state index contributed by atoms with van der Waals surface area (Å²) in [6.45, 7) is 0.310. The number of alkyl halides is 3. The second-order valence-corrected chi connectivity index (χ2v) is 6.89. The van der Waals surface area contributed by atoms with Crippen molar-refractivity contribution in [3.05, 3.63) is 53.6 Å². The fraction of sp³-hybridized carbons (Fsp3) is 0.400. The average molecular weight is 412 g/mol. The molecule has 1 fully saturated rings. The number of pyridine rings is 1. The molecule has 1 aromatic carbocycles. The molecule has 1 N–H and O–H groups in total. The predicted molar refractivity (Wildman–Crippen MR) is 96.1 cm³/mol. The van der Waals surface area contributed by atoms with E-state index in [1.807, 2.05) is 0 Å². The van der Waals surface area contributed by atoms with Crippen LogP contribution in [0.2, 0.25) is 0 Å². The number of methoxy groups -OCH3 is 1. The minimum Gasteiger partial charge on any atom is -0.497 e. The number of aromatic nitrogens is 1. The number of carbonyl (C=O) groups excluding carboxylic acids is 1. The highest BCUT2D eigenvalue weighted by Crippen LogP contribution is 2.49. The molecule has 3 rings (SSSR count). The number of hydrogen-bond donors (Lipinski definition) is 1. The van der Waals surface area contributed by atoms with E-state index in [1.165, 1.54) is 37.6 Å². The predicted octanol–water partition coefficient (Wildman–Crippen LogP) is 4.15. The van der Waals surface area contributed by atoms with E-state index in [1.54, 1.807) is 13.0 Å². The summed E-state index contributed by atoms with van der Waals surface area (Å²) in [6.07, 6.45) is -2.72. The molecular formula is C20H20F4N2O3. The third kappa shape index (κ3) is 5.36. The Morgan fingerprint density at radius 3 is 2.62 bits per heavy atom. The lowest BCUT2D eigenvalue weighted by atomic mass is 10.1. The van der Waals surface area contributed by atoms with Gasteiger partial charge in [-0.2, -0.15) is 13.2 Å². The first-order chi connectivity index (χ1) is 13.7. The van der Waals surface area contributed by atoms with Crippen molar-refractivity contribution in [2.24, 2.45) is 5.92 Å². The number of benzene rings is 1. The molecule has 1 aliphatic rings. The lowest BCUT2D eigenvalue weighted by Gasteiger charge is -2.15. The van der Waals surface area contributed by atoms with E-state index >= 15 is 0 Å². The van der Waals surface area contributed by atoms with Crippen LogP contribution in [-0.2, 0) is 4.79 Å². The van der Waals surface area contributed by atoms with E-state index in [2.05, 4.69) is 15.0 Å². The zero-order chi connectivity index (χ0) is 21.2. The van der Waals surface area contributed by atoms with Crippen molar-refractivity contribution in [3.8, 4) is 11.5 Å². The van der Waals surface area contributed by atoms with Gasteiger partial charge in [-0.05, 0) is 55.2 Å². The summed E-state index contributed by atoms with van der Waals surface area (Å²) in [6, 6.07) is 6.82. The summed E-state index contributed by atoms with van der Waals surface area (Å²) < 4.78 is 60.3. The molecule has 9 heteroatoms. The van der Waals surface area contributed by atoms with Crippen molar-refractivity contribution in [1.29, 1.82) is 0 Å². The Balaban J connectivity index is 1.56. The van der Waals surface area contributed by atoms with Crippen LogP contribution in [0.4, 0.5) is 17.6 Å². The molecule has 1 amide bonds. The highest BCUT2D eigenvalue weighted by atomic mass is 19.4. The van der Waals surface area contributed by atoms with E-state index in [9.17, 15) is 22.4 Å². The molecular weight excluding hydrogens is 392 g/mol. The Labute approximate surface area is 165 Å². The Hall–Kier alpha value is -2.84. The second kappa shape index (κ2) is 8.26. The first-order valence-corrected chi connectivity index (χ1v) is 8.97. The molecule has 1 heterocycles. The van der Waals surface area contributed by atoms with Gasteiger partial charge in [-0.1, -0.05) is 0 Å². The van der Waals surface area contributed by atoms with Crippen LogP contribution in [-0.4, -0.2) is 30.8 Å². The quantitative estimate of drug-likeness (QED) is 0.694. The molecule has 3 atom stereocenters. The van der Waals surface area contributed by atoms with Crippen molar-refractivity contribution in [3.63, 3.8) is 0 Å². The summed E-state index contributed by atoms with van der Waals surface area (Å²) in [7, 11) is 1.49. The number of nitrogens with zero attached hydrogens (tertiary/aromatic N) is 1. The van der Waals surface area contributed by atoms with Gasteiger partial charge >= 0.3 is 6.18 Å². The van der Waals surface area contributed by atoms with E-state index in [0.29, 0.717) is 23.4 Å². The molecule has 0 saturated heterocycles. The third-order valence-electron chi connectivity index (χ3n) is 4.69. The molecule has 0 aliphatic heterocycles. The van der Waals surface area contributed by atoms with E-state index in [4.69, 9.17) is 4.74 Å². The molecule has 0 spiro atoms. The monoisotopic (exact) mass is 412 g/mol. The maximum Gasteiger partial charge on any atom is 0.422 e. The summed E-state index contributed by atoms with van der Waals surface area (Å²) in [5.74, 6) is -0.672. The van der Waals surface area contributed by atoms with Gasteiger partial charge in [0.1, 0.15) is 17.3 Å². The van der Waals surface area contributed by atoms with Gasteiger partial charge in [0.15, 0.2) is 6.61 Å². The molecule has 0 unspecified atom stereocenters. The van der Waals surface area contributed by atoms with E-state index < -0.39 is 18.8 Å². The van der Waals surface area contributed by atoms with Crippen molar-refractivity contribution in [2.45, 2.75) is 31.5 Å². The summed E-state index contributed by atoms with van der Waals surface area (Å²) in [5.41, 5.74) is 0.920. The van der Waals surface area contributed by atoms with Crippen molar-refractivity contribution in [1.82, 2.24) is 10.3 Å². The van der Waals surface area contributed by atoms with Crippen LogP contribution in [0.15, 0.2) is 36.5 Å². The van der Waals surface area contributed by atoms with Crippen LogP contribution >= 0.6 is 0 Å². The normalized spacial score (nSPS) is 19.4. The summed E-state index contributed by atoms with van der Waals surface area (Å²) in [4.78, 5) is 16.5. The van der Waals surface area contributed by atoms with Gasteiger partial charge in [-0.15, -0.1) is 0 Å². The van der Waals surface area contributed by atoms with Gasteiger partial charge in [-0.25, -0.2) is 4.39 Å². The van der Waals surface area contributed by atoms with Crippen LogP contribution in [0.1, 0.15) is 36.6 Å². The van der Waals surface area contributed by atoms with Gasteiger partial charge in [0.25, 0.3) is 0 Å². The zero-order valence-electron chi connectivity index (χ0n) is 15.8. The topological polar surface area (TPSA) is 60.5 Å². The van der Waals surface area contributed by atoms with Gasteiger partial charge in [0, 0.05) is 5.92 Å². The SMILES string of the molecule is COc1ccc(F)c([C@@H]2C[C@H]2C(=O)N[C@H](C)c2ccc(OCC(F)(F)F)cn2)c1. The number of halogens is 4. The highest BCUT2D eigenvalue weighted by molar-refractivity contribution is 5.83. The first-order valence-electron chi connectivity index (χ1n) is 8.97. The maximum atomic E-state index is 14.1. The molecule has 156 valence electrons. The Morgan fingerprint density at radius 1 is 1.28 bits per heavy atom. The molecule has 2 aromatic rings. The number of amides is 1. The van der Waals surface area contributed by atoms with Crippen LogP contribution < -0.4 is 14.8 Å². The lowest BCUT2D eigenvalue weighted by molar-refractivity contribution is -0.153. The van der Waals surface area contributed by atoms with Crippen LogP contribution in [0.5, 0.6) is 11.5 Å². The van der Waals surface area contributed by atoms with Crippen LogP contribution in [0.3, 0.4) is 0 Å². The molecule has 29 heavy (non-hydrogen) atoms. The second-order valence-electron chi connectivity index (χ2n) is 6.89. The fourth-order valence-corrected chi connectivity index (χ4v) is 3.05. The largest absolute Gasteiger partial charge is 0.497 e. The third-order valence-corrected chi connectivity index (χ3v) is 4.69. The first kappa shape index (κ1) is 20.9. The molecule has 0 bridgehead atoms. The lowest BCUT2D eigenvalue weighted by Crippen LogP contribution is -2.29. The van der Waals surface area contributed by atoms with Crippen molar-refractivity contribution < 1.29 is 31.8 Å². The van der Waals surface area contributed by atoms with E-state index in [-0.39, 0.29) is 29.3 Å². The molecule has 1 saturated carbocycles. The minimum absolute atomic E-state index is 0.0136. The van der Waals surface area contributed by atoms with Crippen LogP contribution in [0.25, 0.3) is 0 Å². The van der Waals surface area contributed by atoms with Crippen LogP contribution in [0, 0.1) is 11.7 Å². The van der Waals surface area contributed by atoms with Gasteiger partial charge in [-0.3, -0.25) is 9.78 Å². The zero-order valence-corrected chi connectivity index (χ0v) is 15.8. The Morgan fingerprint density at radius 2 is 2.00 bits per heavy atom. The molecule has 0 radical (unpaired) electrons. The number of nitrogens with one attached hydrogen (secondary N) is 1. The van der Waals surface area contributed by atoms with Gasteiger partial charge in [0.2, 0.25) is 5.91 Å². The minimum atomic E-state index is -4.43. The Bertz CT molecular complexity index is 871. The molecule has 5 nitrogen and oxygen atoms in total. The summed E-state index contributed by atoms with van der Waals surface area (Å²) in [5, 5.41) is 2.81. The molecule has 1 aromatic heterocycles. The number of hydrogen-bond acceptors (Lipinski definition) is 4. The standard InChI is InChI=1S/C20H20F4N2O3/c1-11(18-6-4-13(9-25-18)29-10-20(22,23)24)26-19(27)16-8-14(16)15-7-12(28-2)3-5-17(15)21/h3-7,9,11,14,16H,8,10H2,1-2H3,(H,26,27)/t11-,14+,16-/m1/s1. The number of carbonyl (C=O) groups is 1. The van der Waals surface area contributed by atoms with E-state index in [0.717, 1.165) is 0 Å².